The summed E-state index contributed by atoms with van der Waals surface area (Å²) in [6.07, 6.45) is 1.67. The van der Waals surface area contributed by atoms with E-state index in [0.717, 1.165) is 34.7 Å². The lowest BCUT2D eigenvalue weighted by Crippen LogP contribution is -2.19. The Morgan fingerprint density at radius 1 is 1.17 bits per heavy atom. The number of ether oxygens (including phenoxy) is 2. The summed E-state index contributed by atoms with van der Waals surface area (Å²) in [6.45, 7) is 8.70. The molecule has 0 atom stereocenters. The second-order valence-corrected chi connectivity index (χ2v) is 6.83. The van der Waals surface area contributed by atoms with Gasteiger partial charge in [0.1, 0.15) is 23.8 Å². The maximum Gasteiger partial charge on any atom is 0.271 e. The number of nitrogens with zero attached hydrogens (tertiary/aromatic N) is 1. The van der Waals surface area contributed by atoms with Crippen molar-refractivity contribution < 1.29 is 14.0 Å². The molecule has 0 spiro atoms. The van der Waals surface area contributed by atoms with Crippen molar-refractivity contribution in [2.24, 2.45) is 0 Å². The number of benzene rings is 1. The van der Waals surface area contributed by atoms with Gasteiger partial charge in [0.25, 0.3) is 5.56 Å². The SMILES string of the molecule is CCNCOCCOc1ccc(CNc2cc(-c3c(C)noc3C)c[nH]c2=O)cc1. The molecule has 0 aliphatic heterocycles. The molecule has 30 heavy (non-hydrogen) atoms. The van der Waals surface area contributed by atoms with Crippen LogP contribution in [0.15, 0.2) is 45.8 Å². The van der Waals surface area contributed by atoms with Gasteiger partial charge in [-0.3, -0.25) is 10.1 Å². The molecular weight excluding hydrogens is 384 g/mol. The van der Waals surface area contributed by atoms with Gasteiger partial charge in [-0.15, -0.1) is 0 Å². The first-order chi connectivity index (χ1) is 14.6. The van der Waals surface area contributed by atoms with Gasteiger partial charge in [-0.25, -0.2) is 0 Å². The number of aromatic amines is 1. The highest BCUT2D eigenvalue weighted by Gasteiger charge is 2.13. The first-order valence-electron chi connectivity index (χ1n) is 9.98. The molecule has 0 aliphatic carbocycles. The van der Waals surface area contributed by atoms with E-state index in [9.17, 15) is 4.79 Å². The van der Waals surface area contributed by atoms with Crippen molar-refractivity contribution >= 4 is 5.69 Å². The molecule has 3 rings (SSSR count). The lowest BCUT2D eigenvalue weighted by molar-refractivity contribution is 0.0879. The van der Waals surface area contributed by atoms with E-state index in [-0.39, 0.29) is 5.56 Å². The zero-order chi connectivity index (χ0) is 21.3. The van der Waals surface area contributed by atoms with E-state index in [0.29, 0.717) is 37.9 Å². The van der Waals surface area contributed by atoms with Crippen molar-refractivity contribution in [2.45, 2.75) is 27.3 Å². The van der Waals surface area contributed by atoms with Gasteiger partial charge in [-0.1, -0.05) is 24.2 Å². The molecule has 2 heterocycles. The Morgan fingerprint density at radius 2 is 1.97 bits per heavy atom. The molecule has 0 radical (unpaired) electrons. The Labute approximate surface area is 175 Å². The van der Waals surface area contributed by atoms with E-state index < -0.39 is 0 Å². The Kier molecular flexibility index (Phi) is 7.64. The Bertz CT molecular complexity index is 976. The van der Waals surface area contributed by atoms with Crippen LogP contribution in [-0.4, -0.2) is 36.6 Å². The van der Waals surface area contributed by atoms with Crippen LogP contribution < -0.4 is 20.9 Å². The van der Waals surface area contributed by atoms with Crippen LogP contribution in [0.2, 0.25) is 0 Å². The van der Waals surface area contributed by atoms with E-state index in [1.54, 1.807) is 6.20 Å². The van der Waals surface area contributed by atoms with Crippen LogP contribution in [0.5, 0.6) is 5.75 Å². The molecule has 0 bridgehead atoms. The number of aryl methyl sites for hydroxylation is 2. The number of aromatic nitrogens is 2. The van der Waals surface area contributed by atoms with E-state index in [4.69, 9.17) is 14.0 Å². The monoisotopic (exact) mass is 412 g/mol. The average Bonchev–Trinajstić information content (AvgIpc) is 3.09. The van der Waals surface area contributed by atoms with Gasteiger partial charge in [0.05, 0.1) is 19.0 Å². The molecule has 0 amide bonds. The molecular formula is C22H28N4O4. The predicted molar refractivity (Wildman–Crippen MR) is 116 cm³/mol. The first kappa shape index (κ1) is 21.6. The fourth-order valence-corrected chi connectivity index (χ4v) is 3.02. The highest BCUT2D eigenvalue weighted by molar-refractivity contribution is 5.70. The zero-order valence-electron chi connectivity index (χ0n) is 17.6. The summed E-state index contributed by atoms with van der Waals surface area (Å²) in [7, 11) is 0. The summed E-state index contributed by atoms with van der Waals surface area (Å²) in [5.41, 5.74) is 3.88. The van der Waals surface area contributed by atoms with Crippen LogP contribution in [0.1, 0.15) is 23.9 Å². The number of rotatable bonds is 11. The van der Waals surface area contributed by atoms with Gasteiger partial charge < -0.3 is 24.3 Å². The maximum atomic E-state index is 12.2. The standard InChI is InChI=1S/C22H28N4O4/c1-4-23-14-28-9-10-29-19-7-5-17(6-8-19)12-24-20-11-18(13-25-22(20)27)21-15(2)26-30-16(21)3/h5-8,11,13,23-24H,4,9-10,12,14H2,1-3H3,(H,25,27). The number of hydrogen-bond acceptors (Lipinski definition) is 7. The van der Waals surface area contributed by atoms with Crippen molar-refractivity contribution in [1.29, 1.82) is 0 Å². The van der Waals surface area contributed by atoms with Crippen molar-refractivity contribution in [3.8, 4) is 16.9 Å². The first-order valence-corrected chi connectivity index (χ1v) is 9.98. The molecule has 3 N–H and O–H groups in total. The third-order valence-corrected chi connectivity index (χ3v) is 4.58. The predicted octanol–water partition coefficient (Wildman–Crippen LogP) is 3.22. The highest BCUT2D eigenvalue weighted by atomic mass is 16.5. The lowest BCUT2D eigenvalue weighted by Gasteiger charge is -2.10. The van der Waals surface area contributed by atoms with Gasteiger partial charge in [0.2, 0.25) is 0 Å². The van der Waals surface area contributed by atoms with Gasteiger partial charge in [0.15, 0.2) is 0 Å². The van der Waals surface area contributed by atoms with E-state index in [1.807, 2.05) is 51.1 Å². The lowest BCUT2D eigenvalue weighted by atomic mass is 10.1. The molecule has 0 saturated carbocycles. The molecule has 0 aliphatic rings. The van der Waals surface area contributed by atoms with Gasteiger partial charge in [-0.05, 0) is 44.2 Å². The minimum absolute atomic E-state index is 0.178. The topological polar surface area (TPSA) is 101 Å². The van der Waals surface area contributed by atoms with Crippen LogP contribution in [0, 0.1) is 13.8 Å². The van der Waals surface area contributed by atoms with E-state index in [1.165, 1.54) is 0 Å². The molecule has 1 aromatic carbocycles. The van der Waals surface area contributed by atoms with Gasteiger partial charge >= 0.3 is 0 Å². The van der Waals surface area contributed by atoms with E-state index >= 15 is 0 Å². The summed E-state index contributed by atoms with van der Waals surface area (Å²) >= 11 is 0. The average molecular weight is 412 g/mol. The van der Waals surface area contributed by atoms with Crippen LogP contribution in [-0.2, 0) is 11.3 Å². The highest BCUT2D eigenvalue weighted by Crippen LogP contribution is 2.27. The molecule has 160 valence electrons. The zero-order valence-corrected chi connectivity index (χ0v) is 17.6. The van der Waals surface area contributed by atoms with Crippen molar-refractivity contribution in [1.82, 2.24) is 15.5 Å². The fraction of sp³-hybridized carbons (Fsp3) is 0.364. The normalized spacial score (nSPS) is 10.9. The summed E-state index contributed by atoms with van der Waals surface area (Å²) in [6, 6.07) is 9.57. The molecule has 0 unspecified atom stereocenters. The van der Waals surface area contributed by atoms with Crippen molar-refractivity contribution in [3.05, 3.63) is 63.9 Å². The third-order valence-electron chi connectivity index (χ3n) is 4.58. The van der Waals surface area contributed by atoms with E-state index in [2.05, 4.69) is 20.8 Å². The Balaban J connectivity index is 1.55. The Hall–Kier alpha value is -3.10. The van der Waals surface area contributed by atoms with Crippen LogP contribution in [0.4, 0.5) is 5.69 Å². The minimum atomic E-state index is -0.178. The summed E-state index contributed by atoms with van der Waals surface area (Å²) in [5, 5.41) is 10.3. The largest absolute Gasteiger partial charge is 0.491 e. The quantitative estimate of drug-likeness (QED) is 0.328. The van der Waals surface area contributed by atoms with Gasteiger partial charge in [-0.2, -0.15) is 0 Å². The molecule has 8 nitrogen and oxygen atoms in total. The number of nitrogens with one attached hydrogen (secondary N) is 3. The smallest absolute Gasteiger partial charge is 0.271 e. The van der Waals surface area contributed by atoms with Crippen LogP contribution in [0.25, 0.3) is 11.1 Å². The maximum absolute atomic E-state index is 12.2. The third kappa shape index (κ3) is 5.71. The summed E-state index contributed by atoms with van der Waals surface area (Å²) in [5.74, 6) is 1.50. The molecule has 0 fully saturated rings. The molecule has 3 aromatic rings. The molecule has 0 saturated heterocycles. The van der Waals surface area contributed by atoms with Crippen molar-refractivity contribution in [3.63, 3.8) is 0 Å². The summed E-state index contributed by atoms with van der Waals surface area (Å²) in [4.78, 5) is 15.0. The number of pyridine rings is 1. The van der Waals surface area contributed by atoms with Crippen LogP contribution in [0.3, 0.4) is 0 Å². The Morgan fingerprint density at radius 3 is 2.67 bits per heavy atom. The second-order valence-electron chi connectivity index (χ2n) is 6.83. The van der Waals surface area contributed by atoms with Gasteiger partial charge in [0, 0.05) is 23.9 Å². The van der Waals surface area contributed by atoms with Crippen molar-refractivity contribution in [2.75, 3.05) is 31.8 Å². The number of hydrogen-bond donors (Lipinski definition) is 3. The fourth-order valence-electron chi connectivity index (χ4n) is 3.02. The second kappa shape index (κ2) is 10.6. The summed E-state index contributed by atoms with van der Waals surface area (Å²) < 4.78 is 16.3. The molecule has 8 heteroatoms. The molecule has 2 aromatic heterocycles. The number of H-pyrrole nitrogens is 1. The number of anilines is 1. The van der Waals surface area contributed by atoms with Crippen LogP contribution >= 0.6 is 0 Å². The minimum Gasteiger partial charge on any atom is -0.491 e.